The van der Waals surface area contributed by atoms with E-state index in [0.29, 0.717) is 13.1 Å². The highest BCUT2D eigenvalue weighted by Gasteiger charge is 2.23. The van der Waals surface area contributed by atoms with Crippen LogP contribution >= 0.6 is 0 Å². The van der Waals surface area contributed by atoms with Crippen molar-refractivity contribution in [1.29, 1.82) is 0 Å². The van der Waals surface area contributed by atoms with E-state index < -0.39 is 0 Å². The SMILES string of the molecule is CCC(CC)C(=O)NC(C)c1nc2ccccc2n1CC(=O)N(CC)CC. The molecule has 148 valence electrons. The Kier molecular flexibility index (Phi) is 7.39. The number of nitrogens with zero attached hydrogens (tertiary/aromatic N) is 3. The van der Waals surface area contributed by atoms with E-state index in [1.165, 1.54) is 0 Å². The second-order valence-corrected chi connectivity index (χ2v) is 6.85. The van der Waals surface area contributed by atoms with Crippen molar-refractivity contribution < 1.29 is 9.59 Å². The molecule has 0 radical (unpaired) electrons. The summed E-state index contributed by atoms with van der Waals surface area (Å²) in [6.45, 7) is 11.5. The molecule has 0 aliphatic rings. The van der Waals surface area contributed by atoms with Crippen LogP contribution in [0.3, 0.4) is 0 Å². The smallest absolute Gasteiger partial charge is 0.242 e. The van der Waals surface area contributed by atoms with Crippen molar-refractivity contribution in [2.75, 3.05) is 13.1 Å². The quantitative estimate of drug-likeness (QED) is 0.732. The molecule has 0 fully saturated rings. The van der Waals surface area contributed by atoms with Crippen LogP contribution in [0.4, 0.5) is 0 Å². The third-order valence-electron chi connectivity index (χ3n) is 5.20. The van der Waals surface area contributed by atoms with Gasteiger partial charge < -0.3 is 14.8 Å². The summed E-state index contributed by atoms with van der Waals surface area (Å²) in [5, 5.41) is 3.08. The highest BCUT2D eigenvalue weighted by molar-refractivity contribution is 5.82. The lowest BCUT2D eigenvalue weighted by Gasteiger charge is -2.22. The maximum atomic E-state index is 12.7. The van der Waals surface area contributed by atoms with Crippen LogP contribution in [0.15, 0.2) is 24.3 Å². The summed E-state index contributed by atoms with van der Waals surface area (Å²) >= 11 is 0. The Bertz CT molecular complexity index is 776. The van der Waals surface area contributed by atoms with Gasteiger partial charge in [0.15, 0.2) is 0 Å². The number of hydrogen-bond donors (Lipinski definition) is 1. The lowest BCUT2D eigenvalue weighted by atomic mass is 10.0. The molecule has 1 aromatic carbocycles. The third-order valence-corrected chi connectivity index (χ3v) is 5.20. The molecule has 0 saturated heterocycles. The molecule has 6 nitrogen and oxygen atoms in total. The molecule has 0 bridgehead atoms. The highest BCUT2D eigenvalue weighted by atomic mass is 16.2. The summed E-state index contributed by atoms with van der Waals surface area (Å²) in [7, 11) is 0. The maximum Gasteiger partial charge on any atom is 0.242 e. The van der Waals surface area contributed by atoms with Crippen LogP contribution in [-0.4, -0.2) is 39.4 Å². The molecule has 0 aliphatic heterocycles. The van der Waals surface area contributed by atoms with E-state index in [2.05, 4.69) is 5.32 Å². The van der Waals surface area contributed by atoms with E-state index in [9.17, 15) is 9.59 Å². The number of imidazole rings is 1. The first-order chi connectivity index (χ1) is 13.0. The minimum atomic E-state index is -0.269. The first-order valence-corrected chi connectivity index (χ1v) is 9.99. The summed E-state index contributed by atoms with van der Waals surface area (Å²) in [6, 6.07) is 7.52. The number of aromatic nitrogens is 2. The number of hydrogen-bond acceptors (Lipinski definition) is 3. The van der Waals surface area contributed by atoms with Crippen molar-refractivity contribution in [3.8, 4) is 0 Å². The summed E-state index contributed by atoms with van der Waals surface area (Å²) in [5.74, 6) is 0.822. The largest absolute Gasteiger partial charge is 0.346 e. The van der Waals surface area contributed by atoms with Crippen LogP contribution < -0.4 is 5.32 Å². The third kappa shape index (κ3) is 4.67. The predicted octanol–water partition coefficient (Wildman–Crippen LogP) is 3.52. The van der Waals surface area contributed by atoms with Crippen molar-refractivity contribution in [3.63, 3.8) is 0 Å². The minimum Gasteiger partial charge on any atom is -0.346 e. The molecule has 2 rings (SSSR count). The molecule has 2 aromatic rings. The molecular weight excluding hydrogens is 340 g/mol. The molecule has 0 spiro atoms. The number of amides is 2. The molecule has 1 N–H and O–H groups in total. The lowest BCUT2D eigenvalue weighted by Crippen LogP contribution is -2.36. The molecule has 1 atom stereocenters. The first kappa shape index (κ1) is 20.9. The zero-order valence-corrected chi connectivity index (χ0v) is 17.2. The molecule has 6 heteroatoms. The topological polar surface area (TPSA) is 67.2 Å². The Morgan fingerprint density at radius 3 is 2.33 bits per heavy atom. The lowest BCUT2D eigenvalue weighted by molar-refractivity contribution is -0.131. The molecule has 2 amide bonds. The number of carbonyl (C=O) groups is 2. The monoisotopic (exact) mass is 372 g/mol. The Balaban J connectivity index is 2.35. The molecule has 1 aromatic heterocycles. The van der Waals surface area contributed by atoms with Gasteiger partial charge in [0.1, 0.15) is 12.4 Å². The van der Waals surface area contributed by atoms with E-state index in [1.807, 2.05) is 68.4 Å². The van der Waals surface area contributed by atoms with E-state index >= 15 is 0 Å². The van der Waals surface area contributed by atoms with Gasteiger partial charge in [-0.3, -0.25) is 9.59 Å². The van der Waals surface area contributed by atoms with Crippen LogP contribution in [-0.2, 0) is 16.1 Å². The Labute approximate surface area is 161 Å². The molecule has 1 heterocycles. The van der Waals surface area contributed by atoms with Gasteiger partial charge in [-0.05, 0) is 45.7 Å². The van der Waals surface area contributed by atoms with Gasteiger partial charge >= 0.3 is 0 Å². The number of fused-ring (bicyclic) bond motifs is 1. The number of para-hydroxylation sites is 2. The van der Waals surface area contributed by atoms with Crippen molar-refractivity contribution in [2.24, 2.45) is 5.92 Å². The fourth-order valence-corrected chi connectivity index (χ4v) is 3.46. The van der Waals surface area contributed by atoms with Crippen LogP contribution in [0.2, 0.25) is 0 Å². The van der Waals surface area contributed by atoms with E-state index in [1.54, 1.807) is 0 Å². The zero-order valence-electron chi connectivity index (χ0n) is 17.2. The number of likely N-dealkylation sites (N-methyl/N-ethyl adjacent to an activating group) is 1. The van der Waals surface area contributed by atoms with Crippen LogP contribution in [0.1, 0.15) is 59.3 Å². The standard InChI is InChI=1S/C21H32N4O2/c1-6-16(7-2)21(27)22-15(5)20-23-17-12-10-11-13-18(17)25(20)14-19(26)24(8-3)9-4/h10-13,15-16H,6-9,14H2,1-5H3,(H,22,27). The summed E-state index contributed by atoms with van der Waals surface area (Å²) < 4.78 is 1.94. The van der Waals surface area contributed by atoms with Gasteiger partial charge in [-0.25, -0.2) is 4.98 Å². The van der Waals surface area contributed by atoms with Gasteiger partial charge in [0.05, 0.1) is 17.1 Å². The second-order valence-electron chi connectivity index (χ2n) is 6.85. The van der Waals surface area contributed by atoms with Crippen molar-refractivity contribution in [3.05, 3.63) is 30.1 Å². The number of nitrogens with one attached hydrogen (secondary N) is 1. The zero-order chi connectivity index (χ0) is 20.0. The fraction of sp³-hybridized carbons (Fsp3) is 0.571. The average Bonchev–Trinajstić information content (AvgIpc) is 3.02. The normalized spacial score (nSPS) is 12.4. The Morgan fingerprint density at radius 2 is 1.74 bits per heavy atom. The van der Waals surface area contributed by atoms with Crippen molar-refractivity contribution in [1.82, 2.24) is 19.8 Å². The van der Waals surface area contributed by atoms with Gasteiger partial charge in [0.2, 0.25) is 11.8 Å². The van der Waals surface area contributed by atoms with Crippen LogP contribution in [0, 0.1) is 5.92 Å². The summed E-state index contributed by atoms with van der Waals surface area (Å²) in [5.41, 5.74) is 1.75. The number of benzene rings is 1. The molecular formula is C21H32N4O2. The molecule has 0 saturated carbocycles. The van der Waals surface area contributed by atoms with E-state index in [4.69, 9.17) is 4.98 Å². The Hall–Kier alpha value is -2.37. The molecule has 0 aliphatic carbocycles. The van der Waals surface area contributed by atoms with Gasteiger partial charge in [-0.15, -0.1) is 0 Å². The van der Waals surface area contributed by atoms with Gasteiger partial charge in [-0.2, -0.15) is 0 Å². The predicted molar refractivity (Wildman–Crippen MR) is 108 cm³/mol. The number of rotatable bonds is 9. The Morgan fingerprint density at radius 1 is 1.11 bits per heavy atom. The van der Waals surface area contributed by atoms with Gasteiger partial charge in [-0.1, -0.05) is 26.0 Å². The van der Waals surface area contributed by atoms with Crippen molar-refractivity contribution in [2.45, 2.75) is 60.0 Å². The number of carbonyl (C=O) groups excluding carboxylic acids is 2. The summed E-state index contributed by atoms with van der Waals surface area (Å²) in [6.07, 6.45) is 1.62. The average molecular weight is 373 g/mol. The highest BCUT2D eigenvalue weighted by Crippen LogP contribution is 2.22. The minimum absolute atomic E-state index is 0.00239. The molecule has 1 unspecified atom stereocenters. The van der Waals surface area contributed by atoms with Gasteiger partial charge in [0, 0.05) is 19.0 Å². The van der Waals surface area contributed by atoms with Crippen LogP contribution in [0.25, 0.3) is 11.0 Å². The van der Waals surface area contributed by atoms with Crippen molar-refractivity contribution >= 4 is 22.8 Å². The van der Waals surface area contributed by atoms with E-state index in [0.717, 1.165) is 29.7 Å². The van der Waals surface area contributed by atoms with E-state index in [-0.39, 0.29) is 30.3 Å². The summed E-state index contributed by atoms with van der Waals surface area (Å²) in [4.78, 5) is 31.7. The van der Waals surface area contributed by atoms with Gasteiger partial charge in [0.25, 0.3) is 0 Å². The first-order valence-electron chi connectivity index (χ1n) is 9.99. The second kappa shape index (κ2) is 9.53. The molecule has 27 heavy (non-hydrogen) atoms. The maximum absolute atomic E-state index is 12.7. The van der Waals surface area contributed by atoms with Crippen LogP contribution in [0.5, 0.6) is 0 Å². The fourth-order valence-electron chi connectivity index (χ4n) is 3.46.